The molecule has 0 N–H and O–H groups in total. The van der Waals surface area contributed by atoms with Crippen molar-refractivity contribution in [2.45, 2.75) is 41.5 Å². The molecule has 0 saturated carbocycles. The van der Waals surface area contributed by atoms with Gasteiger partial charge in [-0.05, 0) is 0 Å². The maximum atomic E-state index is 2.42. The fraction of sp³-hybridized carbons (Fsp3) is 0.214. The van der Waals surface area contributed by atoms with E-state index in [1.54, 1.807) is 0 Å². The number of benzene rings is 3. The Bertz CT molecular complexity index is 1240. The van der Waals surface area contributed by atoms with Gasteiger partial charge in [-0.1, -0.05) is 0 Å². The molecule has 0 aliphatic rings. The van der Waals surface area contributed by atoms with E-state index in [1.165, 1.54) is 54.3 Å². The van der Waals surface area contributed by atoms with Crippen LogP contribution in [0.1, 0.15) is 38.9 Å². The summed E-state index contributed by atoms with van der Waals surface area (Å²) in [6.45, 7) is 13.3. The second kappa shape index (κ2) is 8.85. The Labute approximate surface area is 192 Å². The van der Waals surface area contributed by atoms with Crippen LogP contribution in [0.2, 0.25) is 0 Å². The molecule has 4 rings (SSSR count). The van der Waals surface area contributed by atoms with Gasteiger partial charge in [0.15, 0.2) is 0 Å². The summed E-state index contributed by atoms with van der Waals surface area (Å²) in [6, 6.07) is 19.8. The number of hydrogen-bond acceptors (Lipinski definition) is 0. The molecule has 0 radical (unpaired) electrons. The van der Waals surface area contributed by atoms with Crippen LogP contribution in [0.25, 0.3) is 11.4 Å². The fourth-order valence-electron chi connectivity index (χ4n) is 4.53. The average Bonchev–Trinajstić information content (AvgIpc) is 3.08. The molecule has 0 saturated heterocycles. The van der Waals surface area contributed by atoms with Gasteiger partial charge in [0.2, 0.25) is 0 Å². The fourth-order valence-corrected chi connectivity index (χ4v) is 6.51. The van der Waals surface area contributed by atoms with Crippen LogP contribution in [0.15, 0.2) is 67.0 Å². The number of hydrogen-bond donors (Lipinski definition) is 0. The van der Waals surface area contributed by atoms with Crippen LogP contribution in [-0.2, 0) is 16.2 Å². The van der Waals surface area contributed by atoms with E-state index >= 15 is 0 Å². The van der Waals surface area contributed by atoms with Crippen LogP contribution < -0.4 is 0 Å². The molecule has 0 unspecified atom stereocenters. The summed E-state index contributed by atoms with van der Waals surface area (Å²) < 4.78 is 8.59. The van der Waals surface area contributed by atoms with Gasteiger partial charge >= 0.3 is 193 Å². The molecule has 160 valence electrons. The molecular formula is C28H30N2Ru. The van der Waals surface area contributed by atoms with Crippen LogP contribution in [0.5, 0.6) is 0 Å². The van der Waals surface area contributed by atoms with Crippen molar-refractivity contribution in [1.82, 2.24) is 9.13 Å². The van der Waals surface area contributed by atoms with Gasteiger partial charge in [-0.25, -0.2) is 0 Å². The van der Waals surface area contributed by atoms with E-state index in [9.17, 15) is 0 Å². The topological polar surface area (TPSA) is 9.86 Å². The first-order chi connectivity index (χ1) is 14.8. The molecule has 0 spiro atoms. The zero-order chi connectivity index (χ0) is 22.1. The van der Waals surface area contributed by atoms with Gasteiger partial charge in [-0.15, -0.1) is 0 Å². The Morgan fingerprint density at radius 2 is 1.03 bits per heavy atom. The van der Waals surface area contributed by atoms with Gasteiger partial charge in [-0.2, -0.15) is 0 Å². The number of aromatic nitrogens is 2. The molecule has 3 heteroatoms. The van der Waals surface area contributed by atoms with Gasteiger partial charge < -0.3 is 0 Å². The standard InChI is InChI=1S/C21H24N2.C7H6.Ru/c1-14-9-16(3)20(17(4)10-14)22-7-8-23(13-22)21-18(5)11-15(2)12-19(21)6;1-7-5-3-2-4-6-7;/h7-12H,1-6H3;1-6H;. The third kappa shape index (κ3) is 4.38. The second-order valence-corrected chi connectivity index (χ2v) is 10.2. The number of rotatable bonds is 3. The second-order valence-electron chi connectivity index (χ2n) is 8.41. The van der Waals surface area contributed by atoms with Crippen molar-refractivity contribution in [2.24, 2.45) is 0 Å². The third-order valence-corrected chi connectivity index (χ3v) is 7.68. The minimum atomic E-state index is -0.154. The third-order valence-electron chi connectivity index (χ3n) is 5.56. The quantitative estimate of drug-likeness (QED) is 0.284. The zero-order valence-electron chi connectivity index (χ0n) is 19.2. The molecule has 0 aliphatic heterocycles. The first-order valence-electron chi connectivity index (χ1n) is 10.6. The molecular weight excluding hydrogens is 465 g/mol. The SMILES string of the molecule is Cc1cc(C)c(-n2ccn(-c3c(C)cc(C)cc3C)[c]2=[Ru]=[CH]c2ccccc2)c(C)c1. The number of aryl methyl sites for hydroxylation is 6. The normalized spacial score (nSPS) is 11.0. The van der Waals surface area contributed by atoms with Crippen molar-refractivity contribution in [3.05, 3.63) is 110 Å². The monoisotopic (exact) mass is 496 g/mol. The molecule has 0 aliphatic carbocycles. The van der Waals surface area contributed by atoms with E-state index in [0.717, 1.165) is 0 Å². The van der Waals surface area contributed by atoms with Gasteiger partial charge in [0.25, 0.3) is 0 Å². The van der Waals surface area contributed by atoms with Crippen molar-refractivity contribution in [1.29, 1.82) is 0 Å². The Hall–Kier alpha value is -2.64. The van der Waals surface area contributed by atoms with Crippen LogP contribution in [0.3, 0.4) is 0 Å². The van der Waals surface area contributed by atoms with Crippen LogP contribution in [0.4, 0.5) is 0 Å². The van der Waals surface area contributed by atoms with Gasteiger partial charge in [-0.3, -0.25) is 0 Å². The minimum absolute atomic E-state index is 0.154. The van der Waals surface area contributed by atoms with Crippen molar-refractivity contribution in [3.8, 4) is 11.4 Å². The Morgan fingerprint density at radius 1 is 0.613 bits per heavy atom. The van der Waals surface area contributed by atoms with E-state index in [-0.39, 0.29) is 16.2 Å². The predicted octanol–water partition coefficient (Wildman–Crippen LogP) is 6.58. The number of imidazole rings is 1. The van der Waals surface area contributed by atoms with Crippen LogP contribution in [-0.4, -0.2) is 13.7 Å². The van der Waals surface area contributed by atoms with Crippen molar-refractivity contribution >= 4 is 4.61 Å². The predicted molar refractivity (Wildman–Crippen MR) is 128 cm³/mol. The molecule has 31 heavy (non-hydrogen) atoms. The molecule has 2 nitrogen and oxygen atoms in total. The molecule has 4 aromatic rings. The summed E-state index contributed by atoms with van der Waals surface area (Å²) in [6.07, 6.45) is 4.48. The van der Waals surface area contributed by atoms with E-state index in [2.05, 4.69) is 122 Å². The van der Waals surface area contributed by atoms with Crippen LogP contribution in [0, 0.1) is 45.6 Å². The molecule has 3 aromatic carbocycles. The Kier molecular flexibility index (Phi) is 6.16. The molecule has 0 fully saturated rings. The summed E-state index contributed by atoms with van der Waals surface area (Å²) >= 11 is -0.154. The van der Waals surface area contributed by atoms with E-state index in [1.807, 2.05) is 0 Å². The summed E-state index contributed by atoms with van der Waals surface area (Å²) in [4.78, 5) is 0. The first kappa shape index (κ1) is 21.6. The van der Waals surface area contributed by atoms with Crippen molar-refractivity contribution in [3.63, 3.8) is 0 Å². The molecule has 1 heterocycles. The zero-order valence-corrected chi connectivity index (χ0v) is 20.9. The molecule has 0 amide bonds. The van der Waals surface area contributed by atoms with Crippen molar-refractivity contribution < 1.29 is 16.2 Å². The Balaban J connectivity index is 2.07. The van der Waals surface area contributed by atoms with Crippen LogP contribution >= 0.6 is 0 Å². The van der Waals surface area contributed by atoms with Gasteiger partial charge in [0, 0.05) is 0 Å². The van der Waals surface area contributed by atoms with Gasteiger partial charge in [0.05, 0.1) is 0 Å². The molecule has 0 atom stereocenters. The Morgan fingerprint density at radius 3 is 1.45 bits per heavy atom. The molecule has 0 bridgehead atoms. The van der Waals surface area contributed by atoms with E-state index in [4.69, 9.17) is 0 Å². The number of nitrogens with zero attached hydrogens (tertiary/aromatic N) is 2. The van der Waals surface area contributed by atoms with E-state index in [0.29, 0.717) is 0 Å². The molecule has 1 aromatic heterocycles. The summed E-state index contributed by atoms with van der Waals surface area (Å²) in [7, 11) is 0. The summed E-state index contributed by atoms with van der Waals surface area (Å²) in [5.74, 6) is 0. The maximum absolute atomic E-state index is 2.42. The van der Waals surface area contributed by atoms with Gasteiger partial charge in [0.1, 0.15) is 0 Å². The average molecular weight is 496 g/mol. The van der Waals surface area contributed by atoms with E-state index < -0.39 is 0 Å². The van der Waals surface area contributed by atoms with Crippen molar-refractivity contribution in [2.75, 3.05) is 0 Å². The first-order valence-corrected chi connectivity index (χ1v) is 12.5. The summed E-state index contributed by atoms with van der Waals surface area (Å²) in [5.41, 5.74) is 11.8. The summed E-state index contributed by atoms with van der Waals surface area (Å²) in [5, 5.41) is 0.